The van der Waals surface area contributed by atoms with Crippen LogP contribution in [-0.4, -0.2) is 23.5 Å². The molecule has 0 bridgehead atoms. The van der Waals surface area contributed by atoms with Gasteiger partial charge in [-0.2, -0.15) is 13.2 Å². The van der Waals surface area contributed by atoms with Crippen molar-refractivity contribution < 1.29 is 18.0 Å². The van der Waals surface area contributed by atoms with Crippen molar-refractivity contribution >= 4 is 21.8 Å². The summed E-state index contributed by atoms with van der Waals surface area (Å²) < 4.78 is 35.4. The van der Waals surface area contributed by atoms with Crippen LogP contribution in [0.3, 0.4) is 0 Å². The number of amides is 1. The third kappa shape index (κ3) is 6.23. The van der Waals surface area contributed by atoms with E-state index in [1.165, 1.54) is 0 Å². The predicted octanol–water partition coefficient (Wildman–Crippen LogP) is 2.47. The van der Waals surface area contributed by atoms with Crippen LogP contribution in [0.5, 0.6) is 0 Å². The van der Waals surface area contributed by atoms with Gasteiger partial charge in [-0.25, -0.2) is 0 Å². The lowest BCUT2D eigenvalue weighted by atomic mass is 10.1. The first kappa shape index (κ1) is 13.7. The second-order valence-electron chi connectivity index (χ2n) is 3.36. The van der Waals surface area contributed by atoms with E-state index in [1.54, 1.807) is 0 Å². The number of carbonyl (C=O) groups is 1. The number of rotatable bonds is 4. The van der Waals surface area contributed by atoms with Gasteiger partial charge >= 0.3 is 6.18 Å². The summed E-state index contributed by atoms with van der Waals surface area (Å²) in [5, 5.41) is 2.77. The second kappa shape index (κ2) is 5.58. The number of nitrogens with one attached hydrogen (secondary N) is 1. The molecule has 0 saturated heterocycles. The Morgan fingerprint density at radius 2 is 1.93 bits per heavy atom. The summed E-state index contributed by atoms with van der Waals surface area (Å²) >= 11 is 3.13. The van der Waals surface area contributed by atoms with E-state index in [4.69, 9.17) is 0 Å². The van der Waals surface area contributed by atoms with E-state index in [0.29, 0.717) is 5.33 Å². The predicted molar refractivity (Wildman–Crippen MR) is 51.2 cm³/mol. The molecule has 1 N–H and O–H groups in total. The van der Waals surface area contributed by atoms with Gasteiger partial charge in [0.05, 0.1) is 0 Å². The first-order chi connectivity index (χ1) is 6.26. The zero-order chi connectivity index (χ0) is 11.4. The van der Waals surface area contributed by atoms with Crippen molar-refractivity contribution in [1.82, 2.24) is 5.32 Å². The Morgan fingerprint density at radius 3 is 2.21 bits per heavy atom. The molecule has 0 fully saturated rings. The topological polar surface area (TPSA) is 29.1 Å². The first-order valence-electron chi connectivity index (χ1n) is 4.18. The standard InChI is InChI=1S/C8H13BrF3NO/c1-5(2)6(4-9)13-7(14)3-8(10,11)12/h5-6H,3-4H2,1-2H3,(H,13,14). The molecule has 0 heterocycles. The highest BCUT2D eigenvalue weighted by Gasteiger charge is 2.32. The number of halogens is 4. The van der Waals surface area contributed by atoms with Gasteiger partial charge in [-0.15, -0.1) is 0 Å². The molecule has 2 nitrogen and oxygen atoms in total. The summed E-state index contributed by atoms with van der Waals surface area (Å²) in [5.74, 6) is -0.873. The van der Waals surface area contributed by atoms with E-state index in [9.17, 15) is 18.0 Å². The van der Waals surface area contributed by atoms with Crippen molar-refractivity contribution in [2.24, 2.45) is 5.92 Å². The van der Waals surface area contributed by atoms with Gasteiger partial charge in [0.25, 0.3) is 0 Å². The summed E-state index contributed by atoms with van der Waals surface area (Å²) in [6.45, 7) is 3.67. The van der Waals surface area contributed by atoms with E-state index < -0.39 is 18.5 Å². The molecule has 0 aliphatic heterocycles. The van der Waals surface area contributed by atoms with Crippen LogP contribution in [-0.2, 0) is 4.79 Å². The van der Waals surface area contributed by atoms with Crippen molar-refractivity contribution in [3.63, 3.8) is 0 Å². The lowest BCUT2D eigenvalue weighted by Crippen LogP contribution is -2.41. The highest BCUT2D eigenvalue weighted by Crippen LogP contribution is 2.19. The van der Waals surface area contributed by atoms with Crippen molar-refractivity contribution in [2.75, 3.05) is 5.33 Å². The van der Waals surface area contributed by atoms with Crippen molar-refractivity contribution in [1.29, 1.82) is 0 Å². The Bertz CT molecular complexity index is 194. The molecule has 0 spiro atoms. The van der Waals surface area contributed by atoms with Gasteiger partial charge in [0.2, 0.25) is 5.91 Å². The molecule has 0 aliphatic rings. The molecule has 0 rings (SSSR count). The molecule has 1 atom stereocenters. The van der Waals surface area contributed by atoms with Crippen LogP contribution in [0, 0.1) is 5.92 Å². The molecule has 0 aliphatic carbocycles. The third-order valence-electron chi connectivity index (χ3n) is 1.68. The van der Waals surface area contributed by atoms with Gasteiger partial charge in [-0.3, -0.25) is 4.79 Å². The molecule has 0 radical (unpaired) electrons. The lowest BCUT2D eigenvalue weighted by molar-refractivity contribution is -0.154. The first-order valence-corrected chi connectivity index (χ1v) is 5.30. The molecule has 0 aromatic rings. The second-order valence-corrected chi connectivity index (χ2v) is 4.01. The summed E-state index contributed by atoms with van der Waals surface area (Å²) in [5.41, 5.74) is 0. The monoisotopic (exact) mass is 275 g/mol. The molecule has 0 aromatic carbocycles. The zero-order valence-corrected chi connectivity index (χ0v) is 9.58. The number of hydrogen-bond acceptors (Lipinski definition) is 1. The summed E-state index contributed by atoms with van der Waals surface area (Å²) in [6.07, 6.45) is -5.85. The number of alkyl halides is 4. The minimum Gasteiger partial charge on any atom is -0.352 e. The fourth-order valence-electron chi connectivity index (χ4n) is 0.823. The Kier molecular flexibility index (Phi) is 5.48. The van der Waals surface area contributed by atoms with Crippen LogP contribution in [0.4, 0.5) is 13.2 Å². The zero-order valence-electron chi connectivity index (χ0n) is 7.99. The molecule has 14 heavy (non-hydrogen) atoms. The largest absolute Gasteiger partial charge is 0.397 e. The van der Waals surface area contributed by atoms with Crippen LogP contribution < -0.4 is 5.32 Å². The van der Waals surface area contributed by atoms with Gasteiger partial charge in [0.15, 0.2) is 0 Å². The summed E-state index contributed by atoms with van der Waals surface area (Å²) in [6, 6.07) is -0.259. The highest BCUT2D eigenvalue weighted by molar-refractivity contribution is 9.09. The van der Waals surface area contributed by atoms with Gasteiger partial charge < -0.3 is 5.32 Å². The number of carbonyl (C=O) groups excluding carboxylic acids is 1. The molecular formula is C8H13BrF3NO. The van der Waals surface area contributed by atoms with E-state index in [2.05, 4.69) is 21.2 Å². The highest BCUT2D eigenvalue weighted by atomic mass is 79.9. The Hall–Kier alpha value is -0.260. The van der Waals surface area contributed by atoms with Crippen LogP contribution >= 0.6 is 15.9 Å². The Morgan fingerprint density at radius 1 is 1.43 bits per heavy atom. The molecule has 1 amide bonds. The fourth-order valence-corrected chi connectivity index (χ4v) is 1.73. The smallest absolute Gasteiger partial charge is 0.352 e. The van der Waals surface area contributed by atoms with Crippen LogP contribution in [0.2, 0.25) is 0 Å². The maximum atomic E-state index is 11.8. The minimum atomic E-state index is -4.43. The van der Waals surface area contributed by atoms with Crippen LogP contribution in [0.15, 0.2) is 0 Å². The normalized spacial score (nSPS) is 14.2. The average molecular weight is 276 g/mol. The van der Waals surface area contributed by atoms with Gasteiger partial charge in [-0.05, 0) is 5.92 Å². The summed E-state index contributed by atoms with van der Waals surface area (Å²) in [7, 11) is 0. The molecular weight excluding hydrogens is 263 g/mol. The maximum absolute atomic E-state index is 11.8. The van der Waals surface area contributed by atoms with E-state index in [1.807, 2.05) is 13.8 Å². The summed E-state index contributed by atoms with van der Waals surface area (Å²) in [4.78, 5) is 10.9. The van der Waals surface area contributed by atoms with E-state index in [0.717, 1.165) is 0 Å². The van der Waals surface area contributed by atoms with Gasteiger partial charge in [0, 0.05) is 11.4 Å². The maximum Gasteiger partial charge on any atom is 0.397 e. The Balaban J connectivity index is 4.04. The number of hydrogen-bond donors (Lipinski definition) is 1. The van der Waals surface area contributed by atoms with Crippen molar-refractivity contribution in [2.45, 2.75) is 32.5 Å². The SMILES string of the molecule is CC(C)C(CBr)NC(=O)CC(F)(F)F. The van der Waals surface area contributed by atoms with E-state index in [-0.39, 0.29) is 12.0 Å². The molecule has 6 heteroatoms. The molecule has 0 aromatic heterocycles. The molecule has 1 unspecified atom stereocenters. The Labute approximate surface area is 89.4 Å². The average Bonchev–Trinajstić information content (AvgIpc) is 1.96. The third-order valence-corrected chi connectivity index (χ3v) is 2.38. The molecule has 0 saturated carbocycles. The van der Waals surface area contributed by atoms with Crippen LogP contribution in [0.1, 0.15) is 20.3 Å². The minimum absolute atomic E-state index is 0.103. The molecule has 84 valence electrons. The quantitative estimate of drug-likeness (QED) is 0.785. The van der Waals surface area contributed by atoms with Crippen molar-refractivity contribution in [3.05, 3.63) is 0 Å². The van der Waals surface area contributed by atoms with Gasteiger partial charge in [-0.1, -0.05) is 29.8 Å². The van der Waals surface area contributed by atoms with Gasteiger partial charge in [0.1, 0.15) is 6.42 Å². The fraction of sp³-hybridized carbons (Fsp3) is 0.875. The van der Waals surface area contributed by atoms with E-state index >= 15 is 0 Å². The van der Waals surface area contributed by atoms with Crippen LogP contribution in [0.25, 0.3) is 0 Å². The lowest BCUT2D eigenvalue weighted by Gasteiger charge is -2.20. The van der Waals surface area contributed by atoms with Crippen molar-refractivity contribution in [3.8, 4) is 0 Å².